The first-order valence-corrected chi connectivity index (χ1v) is 15.1. The largest absolute Gasteiger partial charge is 0.490 e. The quantitative estimate of drug-likeness (QED) is 0.200. The van der Waals surface area contributed by atoms with E-state index in [0.717, 1.165) is 61.2 Å². The Balaban J connectivity index is 0.00000148. The Kier molecular flexibility index (Phi) is 15.7. The van der Waals surface area contributed by atoms with Crippen LogP contribution in [0, 0.1) is 5.41 Å². The molecule has 1 amide bonds. The lowest BCUT2D eigenvalue weighted by atomic mass is 10.1. The average Bonchev–Trinajstić information content (AvgIpc) is 3.14. The van der Waals surface area contributed by atoms with Crippen molar-refractivity contribution in [2.45, 2.75) is 59.7 Å². The van der Waals surface area contributed by atoms with Gasteiger partial charge in [0.15, 0.2) is 0 Å². The number of fused-ring (bicyclic) bond motifs is 1. The van der Waals surface area contributed by atoms with Crippen LogP contribution in [0.3, 0.4) is 0 Å². The number of para-hydroxylation sites is 1. The van der Waals surface area contributed by atoms with E-state index in [0.29, 0.717) is 32.0 Å². The number of aliphatic hydroxyl groups excluding tert-OH is 1. The van der Waals surface area contributed by atoms with Gasteiger partial charge in [0, 0.05) is 57.4 Å². The Bertz CT molecular complexity index is 1200. The van der Waals surface area contributed by atoms with Gasteiger partial charge < -0.3 is 19.6 Å². The first-order valence-electron chi connectivity index (χ1n) is 14.7. The number of allylic oxidation sites excluding steroid dienone is 3. The van der Waals surface area contributed by atoms with Crippen LogP contribution >= 0.6 is 11.6 Å². The molecule has 0 atom stereocenters. The number of carbonyl (C=O) groups is 1. The lowest BCUT2D eigenvalue weighted by Gasteiger charge is -2.32. The molecule has 2 aromatic carbocycles. The predicted octanol–water partition coefficient (Wildman–Crippen LogP) is 6.77. The molecule has 4 rings (SSSR count). The van der Waals surface area contributed by atoms with E-state index in [4.69, 9.17) is 26.9 Å². The molecule has 2 aromatic rings. The number of carbonyl (C=O) groups excluding carboxylic acids is 1. The van der Waals surface area contributed by atoms with Crippen LogP contribution in [0.2, 0.25) is 0 Å². The summed E-state index contributed by atoms with van der Waals surface area (Å²) < 4.78 is 6.22. The van der Waals surface area contributed by atoms with Gasteiger partial charge in [-0.3, -0.25) is 15.1 Å². The van der Waals surface area contributed by atoms with E-state index in [1.165, 1.54) is 5.54 Å². The third-order valence-corrected chi connectivity index (χ3v) is 7.13. The van der Waals surface area contributed by atoms with Crippen LogP contribution in [0.25, 0.3) is 0 Å². The van der Waals surface area contributed by atoms with Crippen LogP contribution in [0.1, 0.15) is 51.7 Å². The van der Waals surface area contributed by atoms with Gasteiger partial charge >= 0.3 is 0 Å². The molecule has 1 saturated heterocycles. The maximum atomic E-state index is 13.5. The maximum Gasteiger partial charge on any atom is 0.241 e. The summed E-state index contributed by atoms with van der Waals surface area (Å²) in [5, 5.41) is 14.8. The van der Waals surface area contributed by atoms with Gasteiger partial charge in [-0.2, -0.15) is 0 Å². The lowest BCUT2D eigenvalue weighted by Crippen LogP contribution is -2.40. The monoisotopic (exact) mass is 594 g/mol. The molecule has 7 nitrogen and oxygen atoms in total. The van der Waals surface area contributed by atoms with Crippen molar-refractivity contribution in [1.29, 1.82) is 5.41 Å². The third kappa shape index (κ3) is 10.5. The van der Waals surface area contributed by atoms with Gasteiger partial charge in [0.05, 0.1) is 18.9 Å². The minimum absolute atomic E-state index is 0.0799. The fourth-order valence-electron chi connectivity index (χ4n) is 5.05. The summed E-state index contributed by atoms with van der Waals surface area (Å²) in [5.74, 6) is 1.55. The van der Waals surface area contributed by atoms with Crippen LogP contribution < -0.4 is 9.64 Å². The molecule has 0 aliphatic carbocycles. The minimum atomic E-state index is 0.0799. The highest BCUT2D eigenvalue weighted by atomic mass is 35.5. The molecule has 0 spiro atoms. The molecule has 1 fully saturated rings. The van der Waals surface area contributed by atoms with Gasteiger partial charge in [-0.15, -0.1) is 0 Å². The Hall–Kier alpha value is -3.39. The number of aliphatic hydroxyl groups is 1. The number of piperidine rings is 1. The Morgan fingerprint density at radius 2 is 1.74 bits per heavy atom. The number of halogens is 1. The first kappa shape index (κ1) is 34.8. The molecule has 2 aliphatic rings. The number of amidine groups is 1. The lowest BCUT2D eigenvalue weighted by molar-refractivity contribution is -0.119. The van der Waals surface area contributed by atoms with Crippen molar-refractivity contribution in [3.8, 4) is 5.75 Å². The van der Waals surface area contributed by atoms with Crippen molar-refractivity contribution in [2.75, 3.05) is 38.2 Å². The summed E-state index contributed by atoms with van der Waals surface area (Å²) in [4.78, 5) is 19.7. The fraction of sp³-hybridized carbons (Fsp3) is 0.412. The normalized spacial score (nSPS) is 16.4. The smallest absolute Gasteiger partial charge is 0.241 e. The summed E-state index contributed by atoms with van der Waals surface area (Å²) in [6.45, 7) is 11.7. The van der Waals surface area contributed by atoms with Gasteiger partial charge in [-0.05, 0) is 48.7 Å². The number of nitrogens with zero attached hydrogens (tertiary/aromatic N) is 3. The van der Waals surface area contributed by atoms with Crippen molar-refractivity contribution in [2.24, 2.45) is 0 Å². The SMILES string of the molecule is CC.CO.C\C=C/C(=C\C=C\Cl)CN1CC(=O)N(Cc2ccc(OC3CCN(C(C)=N)CC3)cc2)c2ccccc2C1. The number of hydrogen-bond donors (Lipinski definition) is 2. The molecule has 0 bridgehead atoms. The summed E-state index contributed by atoms with van der Waals surface area (Å²) in [6.07, 6.45) is 9.85. The van der Waals surface area contributed by atoms with E-state index in [9.17, 15) is 4.79 Å². The number of benzene rings is 2. The molecule has 2 aliphatic heterocycles. The maximum absolute atomic E-state index is 13.5. The molecule has 0 saturated carbocycles. The van der Waals surface area contributed by atoms with Crippen molar-refractivity contribution < 1.29 is 14.6 Å². The molecule has 228 valence electrons. The number of rotatable bonds is 8. The summed E-state index contributed by atoms with van der Waals surface area (Å²) in [6, 6.07) is 16.3. The first-order chi connectivity index (χ1) is 20.5. The van der Waals surface area contributed by atoms with Crippen LogP contribution in [0.15, 0.2) is 83.9 Å². The molecular weight excluding hydrogens is 548 g/mol. The third-order valence-electron chi connectivity index (χ3n) is 6.99. The molecular formula is C34H47ClN4O3. The molecule has 42 heavy (non-hydrogen) atoms. The zero-order valence-corrected chi connectivity index (χ0v) is 26.5. The number of nitrogens with one attached hydrogen (secondary N) is 1. The number of hydrogen-bond acceptors (Lipinski definition) is 5. The van der Waals surface area contributed by atoms with E-state index < -0.39 is 0 Å². The molecule has 2 N–H and O–H groups in total. The van der Waals surface area contributed by atoms with Gasteiger partial charge in [-0.25, -0.2) is 0 Å². The van der Waals surface area contributed by atoms with Crippen LogP contribution in [0.5, 0.6) is 5.75 Å². The topological polar surface area (TPSA) is 80.1 Å². The van der Waals surface area contributed by atoms with E-state index in [1.54, 1.807) is 0 Å². The van der Waals surface area contributed by atoms with E-state index in [1.807, 2.05) is 81.2 Å². The second kappa shape index (κ2) is 18.9. The molecule has 8 heteroatoms. The van der Waals surface area contributed by atoms with Gasteiger partial charge in [0.25, 0.3) is 0 Å². The number of ether oxygens (including phenoxy) is 1. The highest BCUT2D eigenvalue weighted by molar-refractivity contribution is 6.25. The minimum Gasteiger partial charge on any atom is -0.490 e. The van der Waals surface area contributed by atoms with Crippen LogP contribution in [-0.2, 0) is 17.9 Å². The predicted molar refractivity (Wildman–Crippen MR) is 175 cm³/mol. The van der Waals surface area contributed by atoms with Crippen LogP contribution in [-0.4, -0.2) is 66.0 Å². The van der Waals surface area contributed by atoms with E-state index >= 15 is 0 Å². The number of amides is 1. The fourth-order valence-corrected chi connectivity index (χ4v) is 5.12. The highest BCUT2D eigenvalue weighted by Gasteiger charge is 2.27. The second-order valence-corrected chi connectivity index (χ2v) is 10.1. The molecule has 2 heterocycles. The molecule has 0 radical (unpaired) electrons. The zero-order chi connectivity index (χ0) is 30.9. The summed E-state index contributed by atoms with van der Waals surface area (Å²) in [7, 11) is 1.00. The number of anilines is 1. The summed E-state index contributed by atoms with van der Waals surface area (Å²) in [5.41, 5.74) is 5.75. The van der Waals surface area contributed by atoms with Crippen molar-refractivity contribution in [1.82, 2.24) is 9.80 Å². The Morgan fingerprint density at radius 1 is 1.07 bits per heavy atom. The highest BCUT2D eigenvalue weighted by Crippen LogP contribution is 2.28. The van der Waals surface area contributed by atoms with Gasteiger partial charge in [0.1, 0.15) is 11.9 Å². The summed E-state index contributed by atoms with van der Waals surface area (Å²) >= 11 is 5.73. The van der Waals surface area contributed by atoms with Crippen molar-refractivity contribution in [3.05, 3.63) is 95.1 Å². The van der Waals surface area contributed by atoms with Crippen molar-refractivity contribution >= 4 is 29.0 Å². The standard InChI is InChI=1S/C31H37ClN4O2.C2H6.CH4O/c1-3-7-25(8-6-17-32)20-34-22-27-9-4-5-10-30(27)36(31(37)23-34)21-26-11-13-28(14-12-26)38-29-15-18-35(19-16-29)24(2)33;2*1-2/h3-14,17,29,33H,15-16,18-23H2,1-2H3;1-2H3;2H,1H3/b7-3-,17-6+,25-8+,33-24?;;. The molecule has 0 aromatic heterocycles. The average molecular weight is 595 g/mol. The van der Waals surface area contributed by atoms with Gasteiger partial charge in [-0.1, -0.05) is 80.1 Å². The van der Waals surface area contributed by atoms with Crippen molar-refractivity contribution in [3.63, 3.8) is 0 Å². The van der Waals surface area contributed by atoms with E-state index in [2.05, 4.69) is 34.1 Å². The number of likely N-dealkylation sites (tertiary alicyclic amines) is 1. The van der Waals surface area contributed by atoms with Crippen LogP contribution in [0.4, 0.5) is 5.69 Å². The second-order valence-electron chi connectivity index (χ2n) is 9.85. The van der Waals surface area contributed by atoms with E-state index in [-0.39, 0.29) is 12.0 Å². The Morgan fingerprint density at radius 3 is 2.36 bits per heavy atom. The Labute approximate surface area is 257 Å². The van der Waals surface area contributed by atoms with Gasteiger partial charge in [0.2, 0.25) is 5.91 Å². The molecule has 0 unspecified atom stereocenters. The zero-order valence-electron chi connectivity index (χ0n) is 25.7.